The number of anilines is 4. The first kappa shape index (κ1) is 103. The molecule has 4 saturated heterocycles. The lowest BCUT2D eigenvalue weighted by Crippen LogP contribution is -2.63. The van der Waals surface area contributed by atoms with Crippen molar-refractivity contribution in [1.82, 2.24) is 111 Å². The van der Waals surface area contributed by atoms with Gasteiger partial charge in [-0.15, -0.1) is 0 Å². The van der Waals surface area contributed by atoms with Crippen molar-refractivity contribution in [2.45, 2.75) is 164 Å². The summed E-state index contributed by atoms with van der Waals surface area (Å²) >= 11 is 6.13. The highest BCUT2D eigenvalue weighted by molar-refractivity contribution is 6.30. The minimum Gasteiger partial charge on any atom is -0.494 e. The normalized spacial score (nSPS) is 16.5. The summed E-state index contributed by atoms with van der Waals surface area (Å²) in [5.41, 5.74) is 17.5. The molecule has 0 spiro atoms. The number of ether oxygens (including phenoxy) is 2. The minimum absolute atomic E-state index is 0.0377. The molecule has 4 aliphatic heterocycles. The van der Waals surface area contributed by atoms with Crippen LogP contribution in [-0.2, 0) is 0 Å². The van der Waals surface area contributed by atoms with Crippen molar-refractivity contribution < 1.29 is 41.8 Å². The fourth-order valence-electron chi connectivity index (χ4n) is 19.6. The van der Waals surface area contributed by atoms with E-state index < -0.39 is 28.8 Å². The first-order valence-electron chi connectivity index (χ1n) is 49.8. The standard InChI is InChI=1S/C29H34FN7O2.C28H31FN6O2.C28H31FN6O.C27H30ClN7O/c1-18-9-10-22(15-31-18)25-14-24-26(35-25)32-17-33-27(24)36-11-12-37(29(4,5)16-36)28(38)34-19(2)21-7-6-8-23(13-21)39-20(3)30;1-17-5-7-20(8-6-17)24-14-22-26(33-24)30-16-31-27(22)34-11-12-35(18(2)15-34)28(36)32-19(3)21-9-10-23(29)25(13-21)37-4;1-18-8-10-20(11-9-18)24-15-23-25(33-24)30-17-31-26(23)34-12-13-35(28(3,4)16-34)27(36)32-19(2)21-6-5-7-22(29)14-21;1-17-8-9-20(14-29-17)23-13-22-24(33-23)30-16-31-25(22)34-10-11-35(27(3,4)15-34)26(36)32-18(2)19-6-5-7-21(28)12-19/h6-10,13-15,17,19-20H,11-12,16H2,1-5H3,(H,34,38)(H,32,33,35);5-10,13-14,16,18-19H,11-12,15H2,1-4H3,(H,32,36)(H,30,31,33);5-11,14-15,17,19H,12-13,16H2,1-4H3,(H,32,36)(H,30,31,33);5-9,12-14,16,18H,10-11,15H2,1-4H3,(H,32,36)(H,30,31,33)/t19-,20?;18-,19+;19-;18-/m0100/s1. The maximum Gasteiger partial charge on any atom is 0.318 e. The predicted octanol–water partition coefficient (Wildman–Crippen LogP) is 21.3. The Balaban J connectivity index is 0.000000135. The van der Waals surface area contributed by atoms with E-state index in [-0.39, 0.29) is 65.9 Å². The van der Waals surface area contributed by atoms with Gasteiger partial charge in [0.1, 0.15) is 82.7 Å². The summed E-state index contributed by atoms with van der Waals surface area (Å²) in [5, 5.41) is 16.8. The molecule has 0 radical (unpaired) electrons. The number of aromatic nitrogens is 14. The molecule has 32 nitrogen and oxygen atoms in total. The molecule has 1 unspecified atom stereocenters. The summed E-state index contributed by atoms with van der Waals surface area (Å²) in [6.07, 6.45) is 8.62. The predicted molar refractivity (Wildman–Crippen MR) is 575 cm³/mol. The van der Waals surface area contributed by atoms with Crippen LogP contribution in [0.25, 0.3) is 89.2 Å². The fourth-order valence-corrected chi connectivity index (χ4v) is 19.8. The van der Waals surface area contributed by atoms with Crippen LogP contribution in [0.4, 0.5) is 55.6 Å². The molecule has 148 heavy (non-hydrogen) atoms. The van der Waals surface area contributed by atoms with E-state index in [2.05, 4.69) is 239 Å². The number of urea groups is 4. The maximum absolute atomic E-state index is 13.8. The van der Waals surface area contributed by atoms with Crippen LogP contribution < -0.4 is 50.3 Å². The van der Waals surface area contributed by atoms with E-state index in [4.69, 9.17) is 21.1 Å². The highest BCUT2D eigenvalue weighted by Gasteiger charge is 2.43. The van der Waals surface area contributed by atoms with Gasteiger partial charge < -0.3 is 89.9 Å². The number of amides is 8. The Morgan fingerprint density at radius 1 is 0.399 bits per heavy atom. The van der Waals surface area contributed by atoms with Crippen LogP contribution in [0, 0.1) is 39.3 Å². The summed E-state index contributed by atoms with van der Waals surface area (Å²) in [6.45, 7) is 38.7. The van der Waals surface area contributed by atoms with Crippen LogP contribution in [0.5, 0.6) is 11.5 Å². The zero-order valence-corrected chi connectivity index (χ0v) is 87.1. The van der Waals surface area contributed by atoms with Crippen molar-refractivity contribution in [1.29, 1.82) is 0 Å². The highest BCUT2D eigenvalue weighted by Crippen LogP contribution is 2.40. The third-order valence-corrected chi connectivity index (χ3v) is 27.9. The van der Waals surface area contributed by atoms with Gasteiger partial charge in [-0.1, -0.05) is 114 Å². The third-order valence-electron chi connectivity index (χ3n) is 27.7. The lowest BCUT2D eigenvalue weighted by Gasteiger charge is -2.47. The molecule has 10 aromatic heterocycles. The molecule has 6 atom stereocenters. The van der Waals surface area contributed by atoms with Gasteiger partial charge >= 0.3 is 24.1 Å². The molecule has 8 amide bonds. The Morgan fingerprint density at radius 2 is 0.757 bits per heavy atom. The molecule has 8 N–H and O–H groups in total. The number of nitrogens with one attached hydrogen (secondary N) is 8. The zero-order valence-electron chi connectivity index (χ0n) is 86.3. The van der Waals surface area contributed by atoms with E-state index in [1.165, 1.54) is 43.4 Å². The fraction of sp³-hybridized carbons (Fsp3) is 0.339. The molecule has 16 aromatic rings. The van der Waals surface area contributed by atoms with Gasteiger partial charge in [0.15, 0.2) is 11.6 Å². The molecular formula is C112H126ClF3N26O6. The van der Waals surface area contributed by atoms with Crippen LogP contribution in [0.2, 0.25) is 5.02 Å². The third kappa shape index (κ3) is 23.7. The molecular weight excluding hydrogens is 1900 g/mol. The zero-order chi connectivity index (χ0) is 105. The Morgan fingerprint density at radius 3 is 1.13 bits per heavy atom. The number of carbonyl (C=O) groups excluding carboxylic acids is 4. The van der Waals surface area contributed by atoms with Gasteiger partial charge in [0.25, 0.3) is 0 Å². The second kappa shape index (κ2) is 44.2. The molecule has 4 aliphatic rings. The van der Waals surface area contributed by atoms with Crippen LogP contribution in [0.15, 0.2) is 226 Å². The highest BCUT2D eigenvalue weighted by atomic mass is 35.5. The number of aromatic amines is 4. The summed E-state index contributed by atoms with van der Waals surface area (Å²) in [4.78, 5) is 128. The van der Waals surface area contributed by atoms with Crippen LogP contribution >= 0.6 is 11.6 Å². The van der Waals surface area contributed by atoms with Crippen molar-refractivity contribution in [3.05, 3.63) is 287 Å². The average molecular weight is 2020 g/mol. The first-order chi connectivity index (χ1) is 70.9. The monoisotopic (exact) mass is 2020 g/mol. The van der Waals surface area contributed by atoms with Gasteiger partial charge in [-0.25, -0.2) is 72.2 Å². The van der Waals surface area contributed by atoms with Crippen LogP contribution in [-0.4, -0.2) is 228 Å². The minimum atomic E-state index is -1.41. The Hall–Kier alpha value is -15.9. The van der Waals surface area contributed by atoms with E-state index in [9.17, 15) is 32.3 Å². The van der Waals surface area contributed by atoms with Crippen molar-refractivity contribution in [2.24, 2.45) is 0 Å². The van der Waals surface area contributed by atoms with Crippen molar-refractivity contribution in [3.63, 3.8) is 0 Å². The lowest BCUT2D eigenvalue weighted by atomic mass is 9.98. The molecule has 14 heterocycles. The van der Waals surface area contributed by atoms with E-state index in [0.717, 1.165) is 146 Å². The van der Waals surface area contributed by atoms with Gasteiger partial charge in [0.2, 0.25) is 6.36 Å². The Kier molecular flexibility index (Phi) is 30.9. The molecule has 0 bridgehead atoms. The van der Waals surface area contributed by atoms with Crippen molar-refractivity contribution in [3.8, 4) is 56.5 Å². The summed E-state index contributed by atoms with van der Waals surface area (Å²) < 4.78 is 50.9. The Bertz CT molecular complexity index is 7210. The molecule has 0 saturated carbocycles. The summed E-state index contributed by atoms with van der Waals surface area (Å²) in [5.74, 6) is 3.27. The second-order valence-corrected chi connectivity index (χ2v) is 40.7. The summed E-state index contributed by atoms with van der Waals surface area (Å²) in [7, 11) is 1.43. The van der Waals surface area contributed by atoms with E-state index in [0.29, 0.717) is 89.3 Å². The van der Waals surface area contributed by atoms with Gasteiger partial charge in [-0.3, -0.25) is 9.97 Å². The quantitative estimate of drug-likeness (QED) is 0.0373. The molecule has 6 aromatic carbocycles. The number of methoxy groups -OCH3 is 1. The molecule has 0 aliphatic carbocycles. The average Bonchev–Trinajstić information content (AvgIpc) is 1.35. The van der Waals surface area contributed by atoms with Crippen molar-refractivity contribution >= 4 is 103 Å². The van der Waals surface area contributed by atoms with Gasteiger partial charge in [0, 0.05) is 154 Å². The van der Waals surface area contributed by atoms with Crippen LogP contribution in [0.3, 0.4) is 0 Å². The van der Waals surface area contributed by atoms with Gasteiger partial charge in [-0.05, 0) is 234 Å². The van der Waals surface area contributed by atoms with Gasteiger partial charge in [0.05, 0.1) is 69.4 Å². The van der Waals surface area contributed by atoms with Crippen LogP contribution in [0.1, 0.15) is 152 Å². The molecule has 20 rings (SSSR count). The van der Waals surface area contributed by atoms with E-state index in [1.807, 2.05) is 141 Å². The maximum atomic E-state index is 13.8. The number of fused-ring (bicyclic) bond motifs is 4. The molecule has 4 fully saturated rings. The van der Waals surface area contributed by atoms with E-state index >= 15 is 0 Å². The molecule has 36 heteroatoms. The topological polar surface area (TPSA) is 353 Å². The number of hydrogen-bond acceptors (Lipinski definition) is 20. The van der Waals surface area contributed by atoms with Crippen molar-refractivity contribution in [2.75, 3.05) is 105 Å². The number of carbonyl (C=O) groups is 4. The van der Waals surface area contributed by atoms with Gasteiger partial charge in [-0.2, -0.15) is 0 Å². The SMILES string of the molecule is COc1cc([C@H](C)NC(=O)N2CCN(c3ncnc4[nH]c(-c5ccc(C)cc5)cc34)C[C@H]2C)ccc1F.Cc1ccc(-c2cc3c(N4CCN(C(=O)N[C@@H](C)c5cccc(Cl)c5)C(C)(C)C4)ncnc3[nH]2)cn1.Cc1ccc(-c2cc3c(N4CCN(C(=O)N[C@@H](C)c5cccc(F)c5)C(C)(C)C4)ncnc3[nH]2)cc1.Cc1ccc(-c2cc3c(N4CCN(C(=O)N[C@@H](C)c5cccc(OC(C)F)c5)C(C)(C)C4)ncnc3[nH]2)cn1. The second-order valence-electron chi connectivity index (χ2n) is 40.2. The smallest absolute Gasteiger partial charge is 0.318 e. The van der Waals surface area contributed by atoms with E-state index in [1.54, 1.807) is 61.7 Å². The number of benzene rings is 6. The number of aryl methyl sites for hydroxylation is 4. The number of pyridine rings is 2. The molecule has 768 valence electrons. The largest absolute Gasteiger partial charge is 0.494 e. The number of rotatable bonds is 19. The number of alkyl halides is 1. The first-order valence-corrected chi connectivity index (χ1v) is 50.2. The summed E-state index contributed by atoms with van der Waals surface area (Å²) in [6, 6.07) is 57.2. The number of piperazine rings is 4. The Labute approximate surface area is 863 Å². The number of halogens is 4. The number of H-pyrrole nitrogens is 4. The lowest BCUT2D eigenvalue weighted by molar-refractivity contribution is 0.0858. The number of hydrogen-bond donors (Lipinski definition) is 8. The number of nitrogens with zero attached hydrogens (tertiary/aromatic N) is 18.